The van der Waals surface area contributed by atoms with Gasteiger partial charge in [0.05, 0.1) is 5.52 Å². The van der Waals surface area contributed by atoms with E-state index in [0.29, 0.717) is 0 Å². The van der Waals surface area contributed by atoms with Crippen LogP contribution in [0.5, 0.6) is 0 Å². The highest BCUT2D eigenvalue weighted by Crippen LogP contribution is 2.39. The van der Waals surface area contributed by atoms with Gasteiger partial charge in [0.1, 0.15) is 0 Å². The molecular formula is C39H50N2. The molecule has 0 atom stereocenters. The summed E-state index contributed by atoms with van der Waals surface area (Å²) in [6, 6.07) is 17.7. The minimum atomic E-state index is 1.00. The smallest absolute Gasteiger partial charge is 0.0510 e. The Labute approximate surface area is 248 Å². The molecule has 0 fully saturated rings. The molecule has 1 aromatic heterocycles. The van der Waals surface area contributed by atoms with Crippen molar-refractivity contribution in [3.63, 3.8) is 0 Å². The van der Waals surface area contributed by atoms with Gasteiger partial charge in [0, 0.05) is 34.6 Å². The van der Waals surface area contributed by atoms with E-state index >= 15 is 0 Å². The molecule has 3 aliphatic rings. The minimum absolute atomic E-state index is 1.00. The van der Waals surface area contributed by atoms with Crippen LogP contribution in [0, 0.1) is 0 Å². The number of benzene rings is 3. The molecule has 3 aromatic carbocycles. The number of aryl methyl sites for hydroxylation is 1. The van der Waals surface area contributed by atoms with Crippen molar-refractivity contribution in [1.29, 1.82) is 0 Å². The Morgan fingerprint density at radius 1 is 0.732 bits per heavy atom. The first kappa shape index (κ1) is 31.7. The molecule has 2 nitrogen and oxygen atoms in total. The highest BCUT2D eigenvalue weighted by molar-refractivity contribution is 6.21. The van der Waals surface area contributed by atoms with Crippen molar-refractivity contribution >= 4 is 43.8 Å². The molecule has 0 saturated heterocycles. The lowest BCUT2D eigenvalue weighted by molar-refractivity contribution is 0.904. The fourth-order valence-electron chi connectivity index (χ4n) is 5.67. The van der Waals surface area contributed by atoms with Crippen molar-refractivity contribution in [2.45, 2.75) is 80.1 Å². The van der Waals surface area contributed by atoms with E-state index in [4.69, 9.17) is 0 Å². The summed E-state index contributed by atoms with van der Waals surface area (Å²) in [4.78, 5) is 0. The lowest BCUT2D eigenvalue weighted by Crippen LogP contribution is -1.98. The molecule has 1 aliphatic heterocycles. The van der Waals surface area contributed by atoms with E-state index in [1.54, 1.807) is 5.57 Å². The molecule has 7 rings (SSSR count). The number of hydrogen-bond donors (Lipinski definition) is 1. The molecule has 2 aliphatic carbocycles. The van der Waals surface area contributed by atoms with Crippen LogP contribution in [0.25, 0.3) is 38.2 Å². The summed E-state index contributed by atoms with van der Waals surface area (Å²) in [5, 5.41) is 8.69. The van der Waals surface area contributed by atoms with Crippen LogP contribution in [0.3, 0.4) is 0 Å². The Balaban J connectivity index is 0.000000241. The van der Waals surface area contributed by atoms with Gasteiger partial charge < -0.3 is 9.88 Å². The molecule has 216 valence electrons. The van der Waals surface area contributed by atoms with Gasteiger partial charge in [-0.1, -0.05) is 109 Å². The molecular weight excluding hydrogens is 496 g/mol. The molecule has 4 aromatic rings. The predicted octanol–water partition coefficient (Wildman–Crippen LogP) is 12.3. The summed E-state index contributed by atoms with van der Waals surface area (Å²) >= 11 is 0. The summed E-state index contributed by atoms with van der Waals surface area (Å²) < 4.78 is 2.30. The van der Waals surface area contributed by atoms with Gasteiger partial charge in [-0.25, -0.2) is 0 Å². The third kappa shape index (κ3) is 6.93. The maximum absolute atomic E-state index is 4.33. The second kappa shape index (κ2) is 15.9. The van der Waals surface area contributed by atoms with E-state index < -0.39 is 0 Å². The molecule has 1 N–H and O–H groups in total. The Morgan fingerprint density at radius 2 is 1.46 bits per heavy atom. The van der Waals surface area contributed by atoms with E-state index in [-0.39, 0.29) is 0 Å². The quantitative estimate of drug-likeness (QED) is 0.232. The largest absolute Gasteiger partial charge is 0.361 e. The van der Waals surface area contributed by atoms with Crippen molar-refractivity contribution in [2.24, 2.45) is 7.05 Å². The topological polar surface area (TPSA) is 17.0 Å². The lowest BCUT2D eigenvalue weighted by Gasteiger charge is -2.15. The number of rotatable bonds is 0. The van der Waals surface area contributed by atoms with E-state index in [1.165, 1.54) is 75.0 Å². The average Bonchev–Trinajstić information content (AvgIpc) is 3.33. The van der Waals surface area contributed by atoms with E-state index in [1.807, 2.05) is 41.5 Å². The van der Waals surface area contributed by atoms with Gasteiger partial charge in [0.2, 0.25) is 0 Å². The van der Waals surface area contributed by atoms with Crippen molar-refractivity contribution < 1.29 is 0 Å². The fourth-order valence-corrected chi connectivity index (χ4v) is 5.67. The molecule has 2 heteroatoms. The maximum atomic E-state index is 4.33. The Kier molecular flexibility index (Phi) is 12.3. The second-order valence-electron chi connectivity index (χ2n) is 9.75. The summed E-state index contributed by atoms with van der Waals surface area (Å²) in [7, 11) is 2.15. The first-order valence-corrected chi connectivity index (χ1v) is 15.8. The lowest BCUT2D eigenvalue weighted by atomic mass is 9.90. The first-order chi connectivity index (χ1) is 20.2. The summed E-state index contributed by atoms with van der Waals surface area (Å²) in [5.74, 6) is 0. The third-order valence-electron chi connectivity index (χ3n) is 7.56. The monoisotopic (exact) mass is 546 g/mol. The van der Waals surface area contributed by atoms with Crippen molar-refractivity contribution in [1.82, 2.24) is 4.57 Å². The molecule has 0 saturated carbocycles. The zero-order valence-electron chi connectivity index (χ0n) is 26.5. The fraction of sp³-hybridized carbons (Fsp3) is 0.333. The number of nitrogens with one attached hydrogen (secondary N) is 1. The number of aromatic nitrogens is 1. The Hall–Kier alpha value is -3.78. The van der Waals surface area contributed by atoms with Crippen LogP contribution in [0.2, 0.25) is 0 Å². The van der Waals surface area contributed by atoms with Crippen LogP contribution in [-0.2, 0) is 7.05 Å². The average molecular weight is 547 g/mol. The van der Waals surface area contributed by atoms with Crippen molar-refractivity contribution in [2.75, 3.05) is 5.32 Å². The molecule has 0 bridgehead atoms. The van der Waals surface area contributed by atoms with Crippen molar-refractivity contribution in [3.05, 3.63) is 108 Å². The standard InChI is InChI=1S/C23H20N2.C10H12.3C2H6/c1-15-7-5-6-12-24-20-14-22-19(13-18(15)20)23-17-9-4-3-8-16(17)10-11-21(23)25(22)2;1-2-6-10-8-4-3-7-9(10)5-1;3*1-2/h3-4,6,8-14,24H,1,5,7H2,2H3;1,5,7-8H,2-4,6H2;3*1-2H3/b12-6-;;;;. The SMILES string of the molecule is C1=CC2=CCCC=C2CC1.C=C1CC/C=C\Nc2cc3c(cc21)c1c2ccccc2ccc1n3C.CC.CC.CC. The highest BCUT2D eigenvalue weighted by Gasteiger charge is 2.16. The van der Waals surface area contributed by atoms with Crippen LogP contribution in [0.1, 0.15) is 85.6 Å². The first-order valence-electron chi connectivity index (χ1n) is 15.8. The zero-order chi connectivity index (χ0) is 29.8. The van der Waals surface area contributed by atoms with Gasteiger partial charge in [0.15, 0.2) is 0 Å². The number of fused-ring (bicyclic) bond motifs is 7. The van der Waals surface area contributed by atoms with Gasteiger partial charge >= 0.3 is 0 Å². The molecule has 2 heterocycles. The predicted molar refractivity (Wildman–Crippen MR) is 187 cm³/mol. The number of hydrogen-bond acceptors (Lipinski definition) is 1. The molecule has 0 amide bonds. The number of anilines is 1. The third-order valence-corrected chi connectivity index (χ3v) is 7.56. The molecule has 0 radical (unpaired) electrons. The Morgan fingerprint density at radius 3 is 2.24 bits per heavy atom. The Bertz CT molecular complexity index is 1590. The normalized spacial score (nSPS) is 15.7. The van der Waals surface area contributed by atoms with Crippen LogP contribution in [0.15, 0.2) is 103 Å². The summed E-state index contributed by atoms with van der Waals surface area (Å²) in [6.07, 6.45) is 20.5. The van der Waals surface area contributed by atoms with Gasteiger partial charge in [-0.15, -0.1) is 0 Å². The number of nitrogens with zero attached hydrogens (tertiary/aromatic N) is 1. The van der Waals surface area contributed by atoms with E-state index in [0.717, 1.165) is 18.5 Å². The molecule has 0 spiro atoms. The van der Waals surface area contributed by atoms with Gasteiger partial charge in [-0.2, -0.15) is 0 Å². The molecule has 0 unspecified atom stereocenters. The number of allylic oxidation sites excluding steroid dienone is 8. The summed E-state index contributed by atoms with van der Waals surface area (Å²) in [6.45, 7) is 16.3. The second-order valence-corrected chi connectivity index (χ2v) is 9.75. The van der Waals surface area contributed by atoms with Crippen LogP contribution >= 0.6 is 0 Å². The minimum Gasteiger partial charge on any atom is -0.361 e. The van der Waals surface area contributed by atoms with Gasteiger partial charge in [-0.05, 0) is 90.4 Å². The zero-order valence-corrected chi connectivity index (χ0v) is 26.5. The van der Waals surface area contributed by atoms with Gasteiger partial charge in [0.25, 0.3) is 0 Å². The van der Waals surface area contributed by atoms with Crippen LogP contribution < -0.4 is 5.32 Å². The van der Waals surface area contributed by atoms with Crippen molar-refractivity contribution in [3.8, 4) is 0 Å². The van der Waals surface area contributed by atoms with Crippen LogP contribution in [-0.4, -0.2) is 4.57 Å². The summed E-state index contributed by atoms with van der Waals surface area (Å²) in [5.41, 5.74) is 9.16. The van der Waals surface area contributed by atoms with Gasteiger partial charge in [-0.3, -0.25) is 0 Å². The van der Waals surface area contributed by atoms with E-state index in [9.17, 15) is 0 Å². The van der Waals surface area contributed by atoms with Crippen LogP contribution in [0.4, 0.5) is 5.69 Å². The van der Waals surface area contributed by atoms with E-state index in [2.05, 4.69) is 109 Å². The maximum Gasteiger partial charge on any atom is 0.0510 e. The highest BCUT2D eigenvalue weighted by atomic mass is 14.9. The molecule has 41 heavy (non-hydrogen) atoms.